The van der Waals surface area contributed by atoms with Crippen molar-refractivity contribution < 1.29 is 18.7 Å². The van der Waals surface area contributed by atoms with Gasteiger partial charge in [-0.3, -0.25) is 4.79 Å². The summed E-state index contributed by atoms with van der Waals surface area (Å²) in [6, 6.07) is 11.0. The van der Waals surface area contributed by atoms with Gasteiger partial charge in [-0.15, -0.1) is 0 Å². The Balaban J connectivity index is 1.44. The highest BCUT2D eigenvalue weighted by atomic mass is 35.5. The lowest BCUT2D eigenvalue weighted by atomic mass is 10.0. The van der Waals surface area contributed by atoms with E-state index in [0.29, 0.717) is 35.7 Å². The first-order chi connectivity index (χ1) is 17.3. The standard InChI is InChI=1S/C26H22ClF2N5O2/c1-15-12-30-26(31-21-6-5-19(29)11-20(21)27)32-24(15)17-10-22-25(36)34(8-7-33(22)13-17)23(14-35)16-3-2-4-18(28)9-16/h2-6,9-13,23,35H,7-8,14H2,1H3,(H,30,31,32)/t23-/m1/s1. The number of hydrogen-bond donors (Lipinski definition) is 2. The van der Waals surface area contributed by atoms with Gasteiger partial charge in [0.25, 0.3) is 5.91 Å². The van der Waals surface area contributed by atoms with Crippen molar-refractivity contribution in [1.29, 1.82) is 0 Å². The predicted molar refractivity (Wildman–Crippen MR) is 132 cm³/mol. The molecule has 1 atom stereocenters. The molecule has 10 heteroatoms. The molecule has 0 aliphatic carbocycles. The summed E-state index contributed by atoms with van der Waals surface area (Å²) in [4.78, 5) is 23.8. The molecule has 0 radical (unpaired) electrons. The number of rotatable bonds is 6. The minimum Gasteiger partial charge on any atom is -0.394 e. The SMILES string of the molecule is Cc1cnc(Nc2ccc(F)cc2Cl)nc1-c1cc2n(c1)CCN([C@H](CO)c1cccc(F)c1)C2=O. The van der Waals surface area contributed by atoms with Gasteiger partial charge in [-0.2, -0.15) is 0 Å². The summed E-state index contributed by atoms with van der Waals surface area (Å²) in [5.41, 5.74) is 3.58. The normalized spacial score (nSPS) is 14.0. The van der Waals surface area contributed by atoms with Crippen LogP contribution in [0.1, 0.15) is 27.7 Å². The second-order valence-corrected chi connectivity index (χ2v) is 8.94. The van der Waals surface area contributed by atoms with Crippen LogP contribution in [0.25, 0.3) is 11.3 Å². The molecule has 0 spiro atoms. The number of amides is 1. The number of benzene rings is 2. The van der Waals surface area contributed by atoms with Crippen molar-refractivity contribution in [2.24, 2.45) is 0 Å². The zero-order valence-electron chi connectivity index (χ0n) is 19.3. The van der Waals surface area contributed by atoms with Crippen molar-refractivity contribution >= 4 is 29.1 Å². The van der Waals surface area contributed by atoms with Gasteiger partial charge >= 0.3 is 0 Å². The Kier molecular flexibility index (Phi) is 6.42. The van der Waals surface area contributed by atoms with E-state index in [4.69, 9.17) is 11.6 Å². The van der Waals surface area contributed by atoms with Gasteiger partial charge in [0.15, 0.2) is 0 Å². The van der Waals surface area contributed by atoms with Gasteiger partial charge in [0.2, 0.25) is 5.95 Å². The molecule has 1 aliphatic rings. The number of fused-ring (bicyclic) bond motifs is 1. The van der Waals surface area contributed by atoms with Crippen LogP contribution >= 0.6 is 11.6 Å². The number of aliphatic hydroxyl groups is 1. The van der Waals surface area contributed by atoms with E-state index >= 15 is 0 Å². The maximum absolute atomic E-state index is 13.8. The number of anilines is 2. The van der Waals surface area contributed by atoms with Gasteiger partial charge in [-0.1, -0.05) is 23.7 Å². The Morgan fingerprint density at radius 2 is 1.94 bits per heavy atom. The van der Waals surface area contributed by atoms with Crippen molar-refractivity contribution in [2.45, 2.75) is 19.5 Å². The Morgan fingerprint density at radius 1 is 1.14 bits per heavy atom. The monoisotopic (exact) mass is 509 g/mol. The smallest absolute Gasteiger partial charge is 0.271 e. The molecule has 0 unspecified atom stereocenters. The number of carbonyl (C=O) groups is 1. The second-order valence-electron chi connectivity index (χ2n) is 8.53. The predicted octanol–water partition coefficient (Wildman–Crippen LogP) is 5.12. The molecule has 3 heterocycles. The van der Waals surface area contributed by atoms with Crippen LogP contribution in [0, 0.1) is 18.6 Å². The van der Waals surface area contributed by atoms with Gasteiger partial charge in [-0.25, -0.2) is 18.7 Å². The average Bonchev–Trinajstić information content (AvgIpc) is 3.29. The number of carbonyl (C=O) groups excluding carboxylic acids is 1. The first-order valence-electron chi connectivity index (χ1n) is 11.3. The summed E-state index contributed by atoms with van der Waals surface area (Å²) in [7, 11) is 0. The van der Waals surface area contributed by atoms with E-state index in [1.165, 1.54) is 30.3 Å². The lowest BCUT2D eigenvalue weighted by molar-refractivity contribution is 0.0525. The van der Waals surface area contributed by atoms with Crippen molar-refractivity contribution in [3.05, 3.63) is 94.4 Å². The summed E-state index contributed by atoms with van der Waals surface area (Å²) >= 11 is 6.11. The molecular weight excluding hydrogens is 488 g/mol. The van der Waals surface area contributed by atoms with Gasteiger partial charge in [-0.05, 0) is 54.4 Å². The molecule has 7 nitrogen and oxygen atoms in total. The molecule has 0 fully saturated rings. The second kappa shape index (κ2) is 9.67. The maximum Gasteiger partial charge on any atom is 0.271 e. The highest BCUT2D eigenvalue weighted by Crippen LogP contribution is 2.31. The van der Waals surface area contributed by atoms with E-state index in [2.05, 4.69) is 15.3 Å². The molecule has 184 valence electrons. The quantitative estimate of drug-likeness (QED) is 0.377. The summed E-state index contributed by atoms with van der Waals surface area (Å²) in [5, 5.41) is 13.2. The van der Waals surface area contributed by atoms with E-state index in [9.17, 15) is 18.7 Å². The lowest BCUT2D eigenvalue weighted by Gasteiger charge is -2.34. The van der Waals surface area contributed by atoms with Gasteiger partial charge in [0, 0.05) is 31.0 Å². The van der Waals surface area contributed by atoms with Crippen molar-refractivity contribution in [2.75, 3.05) is 18.5 Å². The first-order valence-corrected chi connectivity index (χ1v) is 11.7. The number of hydrogen-bond acceptors (Lipinski definition) is 5. The molecule has 1 amide bonds. The number of aliphatic hydroxyl groups excluding tert-OH is 1. The van der Waals surface area contributed by atoms with Gasteiger partial charge in [0.1, 0.15) is 17.3 Å². The Labute approximate surface area is 211 Å². The van der Waals surface area contributed by atoms with Gasteiger partial charge < -0.3 is 19.9 Å². The fourth-order valence-electron chi connectivity index (χ4n) is 4.37. The van der Waals surface area contributed by atoms with E-state index in [-0.39, 0.29) is 23.5 Å². The van der Waals surface area contributed by atoms with Crippen LogP contribution in [0.5, 0.6) is 0 Å². The highest BCUT2D eigenvalue weighted by molar-refractivity contribution is 6.33. The number of aromatic nitrogens is 3. The molecule has 0 bridgehead atoms. The molecule has 4 aromatic rings. The van der Waals surface area contributed by atoms with Crippen LogP contribution in [-0.4, -0.2) is 43.6 Å². The molecule has 5 rings (SSSR count). The summed E-state index contributed by atoms with van der Waals surface area (Å²) in [6.07, 6.45) is 3.50. The lowest BCUT2D eigenvalue weighted by Crippen LogP contribution is -2.43. The number of nitrogens with zero attached hydrogens (tertiary/aromatic N) is 4. The Bertz CT molecular complexity index is 1460. The molecule has 36 heavy (non-hydrogen) atoms. The van der Waals surface area contributed by atoms with E-state index < -0.39 is 17.7 Å². The fourth-order valence-corrected chi connectivity index (χ4v) is 4.58. The van der Waals surface area contributed by atoms with Crippen LogP contribution in [0.4, 0.5) is 20.4 Å². The largest absolute Gasteiger partial charge is 0.394 e. The van der Waals surface area contributed by atoms with Crippen molar-refractivity contribution in [3.63, 3.8) is 0 Å². The molecule has 0 saturated carbocycles. The van der Waals surface area contributed by atoms with Crippen molar-refractivity contribution in [1.82, 2.24) is 19.4 Å². The average molecular weight is 510 g/mol. The number of halogens is 3. The van der Waals surface area contributed by atoms with Crippen molar-refractivity contribution in [3.8, 4) is 11.3 Å². The zero-order valence-corrected chi connectivity index (χ0v) is 20.0. The topological polar surface area (TPSA) is 83.3 Å². The van der Waals surface area contributed by atoms with Crippen LogP contribution in [0.15, 0.2) is 60.9 Å². The van der Waals surface area contributed by atoms with Crippen LogP contribution in [0.2, 0.25) is 5.02 Å². The van der Waals surface area contributed by atoms with Crippen LogP contribution in [0.3, 0.4) is 0 Å². The van der Waals surface area contributed by atoms with Gasteiger partial charge in [0.05, 0.1) is 29.1 Å². The zero-order chi connectivity index (χ0) is 25.4. The maximum atomic E-state index is 13.8. The highest BCUT2D eigenvalue weighted by Gasteiger charge is 2.32. The van der Waals surface area contributed by atoms with Crippen LogP contribution < -0.4 is 5.32 Å². The first kappa shape index (κ1) is 23.9. The number of nitrogens with one attached hydrogen (secondary N) is 1. The number of aryl methyl sites for hydroxylation is 1. The van der Waals surface area contributed by atoms with E-state index in [0.717, 1.165) is 11.1 Å². The molecule has 2 aromatic heterocycles. The third-order valence-electron chi connectivity index (χ3n) is 6.16. The molecule has 0 saturated heterocycles. The Morgan fingerprint density at radius 3 is 2.69 bits per heavy atom. The minimum atomic E-state index is -0.655. The van der Waals surface area contributed by atoms with E-state index in [1.807, 2.05) is 17.7 Å². The Hall–Kier alpha value is -3.82. The molecule has 2 N–H and O–H groups in total. The van der Waals surface area contributed by atoms with Crippen LogP contribution in [-0.2, 0) is 6.54 Å². The molecule has 2 aromatic carbocycles. The molecular formula is C26H22ClF2N5O2. The summed E-state index contributed by atoms with van der Waals surface area (Å²) in [6.45, 7) is 2.41. The third kappa shape index (κ3) is 4.55. The fraction of sp³-hybridized carbons (Fsp3) is 0.192. The minimum absolute atomic E-state index is 0.197. The van der Waals surface area contributed by atoms with E-state index in [1.54, 1.807) is 29.3 Å². The molecule has 1 aliphatic heterocycles. The summed E-state index contributed by atoms with van der Waals surface area (Å²) in [5.74, 6) is -0.867. The summed E-state index contributed by atoms with van der Waals surface area (Å²) < 4.78 is 29.0. The third-order valence-corrected chi connectivity index (χ3v) is 6.48.